The maximum atomic E-state index is 10.8. The first kappa shape index (κ1) is 13.2. The number of halogens is 1. The number of hydrogen-bond acceptors (Lipinski definition) is 2. The molecule has 0 saturated carbocycles. The average molecular weight is 286 g/mol. The molecule has 0 aliphatic heterocycles. The second-order valence-electron chi connectivity index (χ2n) is 3.87. The number of benzene rings is 1. The van der Waals surface area contributed by atoms with Crippen molar-refractivity contribution in [2.45, 2.75) is 19.4 Å². The van der Waals surface area contributed by atoms with Gasteiger partial charge in [-0.25, -0.2) is 0 Å². The largest absolute Gasteiger partial charge is 0.481 e. The van der Waals surface area contributed by atoms with Crippen LogP contribution in [0.3, 0.4) is 0 Å². The zero-order chi connectivity index (χ0) is 12.1. The third-order valence-electron chi connectivity index (χ3n) is 2.63. The molecular weight excluding hydrogens is 270 g/mol. The molecule has 0 aliphatic rings. The van der Waals surface area contributed by atoms with E-state index in [0.717, 1.165) is 10.0 Å². The Bertz CT molecular complexity index is 351. The van der Waals surface area contributed by atoms with Gasteiger partial charge in [0.2, 0.25) is 0 Å². The van der Waals surface area contributed by atoms with Crippen LogP contribution in [0.5, 0.6) is 0 Å². The summed E-state index contributed by atoms with van der Waals surface area (Å²) in [5, 5.41) is 12.0. The van der Waals surface area contributed by atoms with E-state index in [1.54, 1.807) is 6.92 Å². The normalized spacial score (nSPS) is 14.4. The van der Waals surface area contributed by atoms with Gasteiger partial charge in [0.05, 0.1) is 5.92 Å². The van der Waals surface area contributed by atoms with Crippen LogP contribution in [-0.4, -0.2) is 18.1 Å². The minimum Gasteiger partial charge on any atom is -0.481 e. The van der Waals surface area contributed by atoms with Gasteiger partial charge in [0.15, 0.2) is 0 Å². The third kappa shape index (κ3) is 3.61. The summed E-state index contributed by atoms with van der Waals surface area (Å²) >= 11 is 3.38. The van der Waals surface area contributed by atoms with E-state index in [0.29, 0.717) is 6.42 Å². The molecular formula is C12H16BrNO2. The zero-order valence-electron chi connectivity index (χ0n) is 9.40. The van der Waals surface area contributed by atoms with Crippen molar-refractivity contribution < 1.29 is 9.90 Å². The van der Waals surface area contributed by atoms with Gasteiger partial charge < -0.3 is 10.4 Å². The molecule has 2 unspecified atom stereocenters. The fraction of sp³-hybridized carbons (Fsp3) is 0.417. The molecule has 0 aliphatic carbocycles. The third-order valence-corrected chi connectivity index (χ3v) is 3.16. The predicted octanol–water partition coefficient (Wildman–Crippen LogP) is 2.82. The van der Waals surface area contributed by atoms with Crippen molar-refractivity contribution in [2.24, 2.45) is 5.92 Å². The smallest absolute Gasteiger partial charge is 0.306 e. The molecule has 88 valence electrons. The Labute approximate surface area is 104 Å². The first-order valence-corrected chi connectivity index (χ1v) is 5.99. The number of nitrogens with one attached hydrogen (secondary N) is 1. The highest BCUT2D eigenvalue weighted by Gasteiger charge is 2.18. The quantitative estimate of drug-likeness (QED) is 0.875. The highest BCUT2D eigenvalue weighted by Crippen LogP contribution is 2.22. The number of hydrogen-bond donors (Lipinski definition) is 2. The van der Waals surface area contributed by atoms with Crippen LogP contribution in [0.2, 0.25) is 0 Å². The van der Waals surface area contributed by atoms with Gasteiger partial charge in [0.1, 0.15) is 0 Å². The lowest BCUT2D eigenvalue weighted by atomic mass is 9.96. The van der Waals surface area contributed by atoms with E-state index in [1.165, 1.54) is 0 Å². The number of aliphatic carboxylic acids is 1. The van der Waals surface area contributed by atoms with E-state index < -0.39 is 5.97 Å². The van der Waals surface area contributed by atoms with Crippen molar-refractivity contribution in [3.63, 3.8) is 0 Å². The number of rotatable bonds is 5. The van der Waals surface area contributed by atoms with Gasteiger partial charge in [-0.2, -0.15) is 0 Å². The molecule has 1 rings (SSSR count). The van der Waals surface area contributed by atoms with E-state index >= 15 is 0 Å². The van der Waals surface area contributed by atoms with Gasteiger partial charge in [-0.3, -0.25) is 4.79 Å². The van der Waals surface area contributed by atoms with Gasteiger partial charge in [-0.05, 0) is 31.2 Å². The molecule has 3 nitrogen and oxygen atoms in total. The van der Waals surface area contributed by atoms with Crippen molar-refractivity contribution in [3.05, 3.63) is 34.3 Å². The van der Waals surface area contributed by atoms with Crippen molar-refractivity contribution in [2.75, 3.05) is 7.05 Å². The van der Waals surface area contributed by atoms with E-state index in [1.807, 2.05) is 31.3 Å². The maximum Gasteiger partial charge on any atom is 0.306 e. The minimum atomic E-state index is -0.752. The van der Waals surface area contributed by atoms with Crippen LogP contribution >= 0.6 is 15.9 Å². The first-order chi connectivity index (χ1) is 7.54. The molecule has 0 spiro atoms. The van der Waals surface area contributed by atoms with Crippen LogP contribution in [0, 0.1) is 5.92 Å². The zero-order valence-corrected chi connectivity index (χ0v) is 11.0. The summed E-state index contributed by atoms with van der Waals surface area (Å²) in [6, 6.07) is 8.01. The minimum absolute atomic E-state index is 0.0826. The average Bonchev–Trinajstić information content (AvgIpc) is 2.26. The number of carbonyl (C=O) groups is 1. The fourth-order valence-electron chi connectivity index (χ4n) is 1.57. The van der Waals surface area contributed by atoms with Gasteiger partial charge in [-0.1, -0.05) is 35.0 Å². The topological polar surface area (TPSA) is 49.3 Å². The lowest BCUT2D eigenvalue weighted by molar-refractivity contribution is -0.141. The first-order valence-electron chi connectivity index (χ1n) is 5.20. The van der Waals surface area contributed by atoms with Crippen molar-refractivity contribution in [1.82, 2.24) is 5.32 Å². The summed E-state index contributed by atoms with van der Waals surface area (Å²) in [5.74, 6) is -1.10. The monoisotopic (exact) mass is 285 g/mol. The number of carboxylic acid groups (broad SMARTS) is 1. The Morgan fingerprint density at radius 3 is 2.44 bits per heavy atom. The molecule has 1 aromatic rings. The molecule has 2 N–H and O–H groups in total. The molecule has 0 radical (unpaired) electrons. The lowest BCUT2D eigenvalue weighted by Crippen LogP contribution is -2.22. The summed E-state index contributed by atoms with van der Waals surface area (Å²) in [4.78, 5) is 10.8. The van der Waals surface area contributed by atoms with Crippen LogP contribution in [0.25, 0.3) is 0 Å². The Morgan fingerprint density at radius 2 is 2.00 bits per heavy atom. The van der Waals surface area contributed by atoms with E-state index in [-0.39, 0.29) is 12.0 Å². The Balaban J connectivity index is 2.74. The predicted molar refractivity (Wildman–Crippen MR) is 67.4 cm³/mol. The molecule has 1 aromatic carbocycles. The molecule has 4 heteroatoms. The highest BCUT2D eigenvalue weighted by atomic mass is 79.9. The Kier molecular flexibility index (Phi) is 4.96. The molecule has 0 fully saturated rings. The standard InChI is InChI=1S/C12H16BrNO2/c1-8(12(15)16)7-11(14-2)9-3-5-10(13)6-4-9/h3-6,8,11,14H,7H2,1-2H3,(H,15,16). The number of carboxylic acids is 1. The highest BCUT2D eigenvalue weighted by molar-refractivity contribution is 9.10. The Hall–Kier alpha value is -0.870. The van der Waals surface area contributed by atoms with Gasteiger partial charge >= 0.3 is 5.97 Å². The SMILES string of the molecule is CNC(CC(C)C(=O)O)c1ccc(Br)cc1. The second-order valence-corrected chi connectivity index (χ2v) is 4.78. The van der Waals surface area contributed by atoms with E-state index in [4.69, 9.17) is 5.11 Å². The lowest BCUT2D eigenvalue weighted by Gasteiger charge is -2.18. The van der Waals surface area contributed by atoms with Gasteiger partial charge in [-0.15, -0.1) is 0 Å². The Morgan fingerprint density at radius 1 is 1.44 bits per heavy atom. The molecule has 16 heavy (non-hydrogen) atoms. The van der Waals surface area contributed by atoms with Crippen molar-refractivity contribution >= 4 is 21.9 Å². The fourth-order valence-corrected chi connectivity index (χ4v) is 1.83. The van der Waals surface area contributed by atoms with Crippen LogP contribution in [-0.2, 0) is 4.79 Å². The molecule has 0 bridgehead atoms. The summed E-state index contributed by atoms with van der Waals surface area (Å²) in [5.41, 5.74) is 1.11. The summed E-state index contributed by atoms with van der Waals surface area (Å²) in [6.45, 7) is 1.73. The van der Waals surface area contributed by atoms with E-state index in [2.05, 4.69) is 21.2 Å². The van der Waals surface area contributed by atoms with Crippen LogP contribution in [0.1, 0.15) is 24.9 Å². The molecule has 0 amide bonds. The van der Waals surface area contributed by atoms with Crippen LogP contribution in [0.4, 0.5) is 0 Å². The summed E-state index contributed by atoms with van der Waals surface area (Å²) in [7, 11) is 1.85. The molecule has 0 saturated heterocycles. The molecule has 0 aromatic heterocycles. The van der Waals surface area contributed by atoms with Crippen molar-refractivity contribution in [1.29, 1.82) is 0 Å². The van der Waals surface area contributed by atoms with Gasteiger partial charge in [0, 0.05) is 10.5 Å². The molecule has 2 atom stereocenters. The van der Waals surface area contributed by atoms with Crippen LogP contribution < -0.4 is 5.32 Å². The van der Waals surface area contributed by atoms with E-state index in [9.17, 15) is 4.79 Å². The molecule has 0 heterocycles. The van der Waals surface area contributed by atoms with Crippen molar-refractivity contribution in [3.8, 4) is 0 Å². The van der Waals surface area contributed by atoms with Crippen LogP contribution in [0.15, 0.2) is 28.7 Å². The summed E-state index contributed by atoms with van der Waals surface area (Å²) in [6.07, 6.45) is 0.591. The summed E-state index contributed by atoms with van der Waals surface area (Å²) < 4.78 is 1.03. The maximum absolute atomic E-state index is 10.8. The second kappa shape index (κ2) is 6.01. The van der Waals surface area contributed by atoms with Gasteiger partial charge in [0.25, 0.3) is 0 Å².